The lowest BCUT2D eigenvalue weighted by Gasteiger charge is -2.22. The lowest BCUT2D eigenvalue weighted by atomic mass is 10.2. The molecule has 1 N–H and O–H groups in total. The molecular weight excluding hydrogens is 368 g/mol. The van der Waals surface area contributed by atoms with Crippen LogP contribution in [0.5, 0.6) is 11.5 Å². The predicted octanol–water partition coefficient (Wildman–Crippen LogP) is 1.96. The van der Waals surface area contributed by atoms with Crippen molar-refractivity contribution in [3.63, 3.8) is 0 Å². The molecule has 2 rings (SSSR count). The number of hydrogen-bond acceptors (Lipinski definition) is 5. The van der Waals surface area contributed by atoms with Crippen molar-refractivity contribution in [3.05, 3.63) is 54.1 Å². The number of benzene rings is 2. The Bertz CT molecular complexity index is 866. The van der Waals surface area contributed by atoms with Crippen LogP contribution in [0.25, 0.3) is 0 Å². The topological polar surface area (TPSA) is 84.9 Å². The number of amides is 1. The molecule has 0 heterocycles. The number of sulfonamides is 1. The fourth-order valence-corrected chi connectivity index (χ4v) is 3.25. The van der Waals surface area contributed by atoms with E-state index in [-0.39, 0.29) is 19.7 Å². The molecule has 0 unspecified atom stereocenters. The largest absolute Gasteiger partial charge is 0.497 e. The highest BCUT2D eigenvalue weighted by molar-refractivity contribution is 7.92. The maximum absolute atomic E-state index is 12.2. The van der Waals surface area contributed by atoms with Gasteiger partial charge in [0.2, 0.25) is 15.9 Å². The van der Waals surface area contributed by atoms with Crippen molar-refractivity contribution in [2.45, 2.75) is 6.92 Å². The van der Waals surface area contributed by atoms with Gasteiger partial charge >= 0.3 is 0 Å². The Labute approximate surface area is 160 Å². The summed E-state index contributed by atoms with van der Waals surface area (Å²) < 4.78 is 35.8. The summed E-state index contributed by atoms with van der Waals surface area (Å²) >= 11 is 0. The van der Waals surface area contributed by atoms with Gasteiger partial charge in [-0.3, -0.25) is 9.10 Å². The molecule has 0 spiro atoms. The molecule has 2 aromatic rings. The molecule has 0 aliphatic carbocycles. The van der Waals surface area contributed by atoms with E-state index in [9.17, 15) is 13.2 Å². The molecule has 0 aliphatic rings. The van der Waals surface area contributed by atoms with E-state index in [1.54, 1.807) is 49.6 Å². The number of nitrogens with zero attached hydrogens (tertiary/aromatic N) is 1. The van der Waals surface area contributed by atoms with Gasteiger partial charge in [0.15, 0.2) is 0 Å². The number of ether oxygens (including phenoxy) is 2. The molecule has 146 valence electrons. The van der Waals surface area contributed by atoms with Crippen molar-refractivity contribution in [3.8, 4) is 11.5 Å². The molecule has 0 saturated carbocycles. The number of carbonyl (C=O) groups excluding carboxylic acids is 1. The normalized spacial score (nSPS) is 10.9. The van der Waals surface area contributed by atoms with E-state index in [1.165, 1.54) is 0 Å². The Hall–Kier alpha value is -2.74. The van der Waals surface area contributed by atoms with Crippen molar-refractivity contribution in [1.82, 2.24) is 5.32 Å². The predicted molar refractivity (Wildman–Crippen MR) is 105 cm³/mol. The van der Waals surface area contributed by atoms with Gasteiger partial charge in [0.1, 0.15) is 24.7 Å². The van der Waals surface area contributed by atoms with E-state index >= 15 is 0 Å². The van der Waals surface area contributed by atoms with Crippen LogP contribution in [0.1, 0.15) is 5.56 Å². The minimum Gasteiger partial charge on any atom is -0.497 e. The molecule has 7 nitrogen and oxygen atoms in total. The molecule has 0 atom stereocenters. The minimum absolute atomic E-state index is 0.260. The number of nitrogens with one attached hydrogen (secondary N) is 1. The fraction of sp³-hybridized carbons (Fsp3) is 0.316. The number of carbonyl (C=O) groups is 1. The zero-order chi connectivity index (χ0) is 19.9. The van der Waals surface area contributed by atoms with Crippen LogP contribution in [0.3, 0.4) is 0 Å². The second-order valence-electron chi connectivity index (χ2n) is 5.98. The second-order valence-corrected chi connectivity index (χ2v) is 7.89. The van der Waals surface area contributed by atoms with E-state index in [2.05, 4.69) is 5.32 Å². The minimum atomic E-state index is -3.58. The van der Waals surface area contributed by atoms with Crippen LogP contribution < -0.4 is 19.1 Å². The van der Waals surface area contributed by atoms with E-state index in [4.69, 9.17) is 9.47 Å². The van der Waals surface area contributed by atoms with Gasteiger partial charge in [-0.15, -0.1) is 0 Å². The molecular formula is C19H24N2O5S. The molecule has 27 heavy (non-hydrogen) atoms. The quantitative estimate of drug-likeness (QED) is 0.660. The fourth-order valence-electron chi connectivity index (χ4n) is 2.40. The summed E-state index contributed by atoms with van der Waals surface area (Å²) in [6, 6.07) is 14.1. The first-order valence-corrected chi connectivity index (χ1v) is 10.2. The third kappa shape index (κ3) is 6.49. The first kappa shape index (κ1) is 20.6. The summed E-state index contributed by atoms with van der Waals surface area (Å²) in [5.74, 6) is 0.982. The molecule has 8 heteroatoms. The molecule has 0 aromatic heterocycles. The molecule has 2 aromatic carbocycles. The van der Waals surface area contributed by atoms with Crippen molar-refractivity contribution < 1.29 is 22.7 Å². The van der Waals surface area contributed by atoms with Crippen LogP contribution in [0, 0.1) is 6.92 Å². The Kier molecular flexibility index (Phi) is 7.06. The number of rotatable bonds is 9. The Balaban J connectivity index is 1.86. The van der Waals surface area contributed by atoms with Gasteiger partial charge in [-0.25, -0.2) is 8.42 Å². The van der Waals surface area contributed by atoms with Crippen LogP contribution in [0.4, 0.5) is 5.69 Å². The maximum atomic E-state index is 12.2. The van der Waals surface area contributed by atoms with Gasteiger partial charge in [0.05, 0.1) is 25.6 Å². The van der Waals surface area contributed by atoms with Gasteiger partial charge in [0, 0.05) is 0 Å². The lowest BCUT2D eigenvalue weighted by Crippen LogP contribution is -2.41. The molecule has 0 saturated heterocycles. The van der Waals surface area contributed by atoms with Gasteiger partial charge in [-0.05, 0) is 48.9 Å². The first-order chi connectivity index (χ1) is 12.8. The Morgan fingerprint density at radius 1 is 1.11 bits per heavy atom. The average molecular weight is 392 g/mol. The Morgan fingerprint density at radius 3 is 2.37 bits per heavy atom. The summed E-state index contributed by atoms with van der Waals surface area (Å²) in [7, 11) is -2.00. The SMILES string of the molecule is COc1ccc(OCCNC(=O)CN(c2cccc(C)c2)S(C)(=O)=O)cc1. The molecule has 0 bridgehead atoms. The van der Waals surface area contributed by atoms with E-state index < -0.39 is 15.9 Å². The zero-order valence-electron chi connectivity index (χ0n) is 15.6. The summed E-state index contributed by atoms with van der Waals surface area (Å²) in [5, 5.41) is 2.67. The van der Waals surface area contributed by atoms with Crippen LogP contribution in [-0.2, 0) is 14.8 Å². The van der Waals surface area contributed by atoms with Crippen molar-refractivity contribution >= 4 is 21.6 Å². The standard InChI is InChI=1S/C19H24N2O5S/c1-15-5-4-6-16(13-15)21(27(3,23)24)14-19(22)20-11-12-26-18-9-7-17(25-2)8-10-18/h4-10,13H,11-12,14H2,1-3H3,(H,20,22). The second kappa shape index (κ2) is 9.27. The summed E-state index contributed by atoms with van der Waals surface area (Å²) in [6.07, 6.45) is 1.08. The molecule has 1 amide bonds. The number of anilines is 1. The monoisotopic (exact) mass is 392 g/mol. The van der Waals surface area contributed by atoms with Crippen LogP contribution in [-0.4, -0.2) is 47.4 Å². The maximum Gasteiger partial charge on any atom is 0.240 e. The van der Waals surface area contributed by atoms with Crippen LogP contribution in [0.15, 0.2) is 48.5 Å². The van der Waals surface area contributed by atoms with E-state index in [1.807, 2.05) is 13.0 Å². The van der Waals surface area contributed by atoms with Gasteiger partial charge in [-0.1, -0.05) is 12.1 Å². The third-order valence-electron chi connectivity index (χ3n) is 3.73. The van der Waals surface area contributed by atoms with E-state index in [0.29, 0.717) is 11.4 Å². The average Bonchev–Trinajstić information content (AvgIpc) is 2.63. The zero-order valence-corrected chi connectivity index (χ0v) is 16.5. The molecule has 0 radical (unpaired) electrons. The van der Waals surface area contributed by atoms with Crippen LogP contribution >= 0.6 is 0 Å². The number of hydrogen-bond donors (Lipinski definition) is 1. The smallest absolute Gasteiger partial charge is 0.240 e. The summed E-state index contributed by atoms with van der Waals surface area (Å²) in [5.41, 5.74) is 1.37. The lowest BCUT2D eigenvalue weighted by molar-refractivity contribution is -0.119. The Morgan fingerprint density at radius 2 is 1.78 bits per heavy atom. The number of aryl methyl sites for hydroxylation is 1. The summed E-state index contributed by atoms with van der Waals surface area (Å²) in [6.45, 7) is 2.10. The van der Waals surface area contributed by atoms with Gasteiger partial charge in [-0.2, -0.15) is 0 Å². The van der Waals surface area contributed by atoms with Crippen LogP contribution in [0.2, 0.25) is 0 Å². The van der Waals surface area contributed by atoms with Gasteiger partial charge in [0.25, 0.3) is 0 Å². The molecule has 0 aliphatic heterocycles. The van der Waals surface area contributed by atoms with Crippen molar-refractivity contribution in [2.24, 2.45) is 0 Å². The number of methoxy groups -OCH3 is 1. The highest BCUT2D eigenvalue weighted by Crippen LogP contribution is 2.19. The van der Waals surface area contributed by atoms with Crippen molar-refractivity contribution in [2.75, 3.05) is 37.4 Å². The molecule has 0 fully saturated rings. The first-order valence-electron chi connectivity index (χ1n) is 8.37. The van der Waals surface area contributed by atoms with Gasteiger partial charge < -0.3 is 14.8 Å². The van der Waals surface area contributed by atoms with E-state index in [0.717, 1.165) is 21.9 Å². The highest BCUT2D eigenvalue weighted by atomic mass is 32.2. The van der Waals surface area contributed by atoms with Crippen molar-refractivity contribution in [1.29, 1.82) is 0 Å². The third-order valence-corrected chi connectivity index (χ3v) is 4.87. The highest BCUT2D eigenvalue weighted by Gasteiger charge is 2.20. The summed E-state index contributed by atoms with van der Waals surface area (Å²) in [4.78, 5) is 12.2.